The molecule has 4 nitrogen and oxygen atoms in total. The molecule has 0 fully saturated rings. The lowest BCUT2D eigenvalue weighted by atomic mass is 10.1. The Morgan fingerprint density at radius 1 is 1.04 bits per heavy atom. The van der Waals surface area contributed by atoms with Gasteiger partial charge in [-0.25, -0.2) is 0 Å². The molecule has 0 heterocycles. The van der Waals surface area contributed by atoms with E-state index >= 15 is 0 Å². The van der Waals surface area contributed by atoms with Crippen LogP contribution in [0.25, 0.3) is 6.08 Å². The van der Waals surface area contributed by atoms with Crippen molar-refractivity contribution in [3.63, 3.8) is 0 Å². The Balaban J connectivity index is 0.000000243. The Labute approximate surface area is 159 Å². The Morgan fingerprint density at radius 3 is 2.08 bits per heavy atom. The van der Waals surface area contributed by atoms with Crippen molar-refractivity contribution in [1.82, 2.24) is 0 Å². The van der Waals surface area contributed by atoms with Crippen LogP contribution in [0.15, 0.2) is 51.9 Å². The molecule has 2 N–H and O–H groups in total. The van der Waals surface area contributed by atoms with Gasteiger partial charge in [0, 0.05) is 0 Å². The molecule has 0 amide bonds. The van der Waals surface area contributed by atoms with E-state index in [2.05, 4.69) is 38.4 Å². The standard InChI is InChI=1S/C9H11BrO3.C9H9BrO/c1-13-9-4-6(8(12)5-11)2-3-7(9)10;1-3-7-4-5-8(10)9(6-7)11-2/h2-4,8,11-12H,5H2,1H3;3-6H,1H2,2H3. The Kier molecular flexibility index (Phi) is 9.07. The van der Waals surface area contributed by atoms with Gasteiger partial charge in [0.1, 0.15) is 17.6 Å². The van der Waals surface area contributed by atoms with Crippen molar-refractivity contribution >= 4 is 37.9 Å². The lowest BCUT2D eigenvalue weighted by molar-refractivity contribution is 0.0954. The van der Waals surface area contributed by atoms with E-state index in [4.69, 9.17) is 14.6 Å². The van der Waals surface area contributed by atoms with Crippen molar-refractivity contribution in [3.05, 3.63) is 63.0 Å². The zero-order chi connectivity index (χ0) is 18.1. The lowest BCUT2D eigenvalue weighted by Crippen LogP contribution is -2.02. The SMILES string of the molecule is C=Cc1ccc(Br)c(OC)c1.COc1cc(C(O)CO)ccc1Br. The van der Waals surface area contributed by atoms with Gasteiger partial charge in [-0.2, -0.15) is 0 Å². The number of hydrogen-bond acceptors (Lipinski definition) is 4. The quantitative estimate of drug-likeness (QED) is 0.686. The van der Waals surface area contributed by atoms with Crippen LogP contribution in [-0.2, 0) is 0 Å². The van der Waals surface area contributed by atoms with Gasteiger partial charge >= 0.3 is 0 Å². The van der Waals surface area contributed by atoms with E-state index in [0.29, 0.717) is 11.3 Å². The van der Waals surface area contributed by atoms with Crippen molar-refractivity contribution in [2.75, 3.05) is 20.8 Å². The van der Waals surface area contributed by atoms with Crippen molar-refractivity contribution in [2.45, 2.75) is 6.10 Å². The van der Waals surface area contributed by atoms with Crippen molar-refractivity contribution in [2.24, 2.45) is 0 Å². The molecule has 0 bridgehead atoms. The highest BCUT2D eigenvalue weighted by molar-refractivity contribution is 9.10. The summed E-state index contributed by atoms with van der Waals surface area (Å²) in [6, 6.07) is 11.0. The molecule has 0 aliphatic heterocycles. The maximum absolute atomic E-state index is 9.32. The van der Waals surface area contributed by atoms with E-state index in [0.717, 1.165) is 20.3 Å². The highest BCUT2D eigenvalue weighted by Crippen LogP contribution is 2.28. The second-order valence-electron chi connectivity index (χ2n) is 4.69. The molecule has 1 unspecified atom stereocenters. The van der Waals surface area contributed by atoms with Crippen LogP contribution < -0.4 is 9.47 Å². The van der Waals surface area contributed by atoms with Crippen LogP contribution in [0.4, 0.5) is 0 Å². The third kappa shape index (κ3) is 5.94. The third-order valence-corrected chi connectivity index (χ3v) is 4.45. The van der Waals surface area contributed by atoms with Gasteiger partial charge in [-0.3, -0.25) is 0 Å². The summed E-state index contributed by atoms with van der Waals surface area (Å²) in [6.07, 6.45) is 0.941. The summed E-state index contributed by atoms with van der Waals surface area (Å²) in [5.74, 6) is 1.48. The summed E-state index contributed by atoms with van der Waals surface area (Å²) in [5, 5.41) is 18.0. The molecule has 6 heteroatoms. The lowest BCUT2D eigenvalue weighted by Gasteiger charge is -2.10. The fraction of sp³-hybridized carbons (Fsp3) is 0.222. The predicted molar refractivity (Wildman–Crippen MR) is 104 cm³/mol. The smallest absolute Gasteiger partial charge is 0.133 e. The van der Waals surface area contributed by atoms with Crippen molar-refractivity contribution < 1.29 is 19.7 Å². The minimum atomic E-state index is -0.845. The van der Waals surface area contributed by atoms with Crippen LogP contribution in [0.2, 0.25) is 0 Å². The number of rotatable bonds is 5. The summed E-state index contributed by atoms with van der Waals surface area (Å²) in [7, 11) is 3.20. The largest absolute Gasteiger partial charge is 0.496 e. The summed E-state index contributed by atoms with van der Waals surface area (Å²) in [6.45, 7) is 3.38. The van der Waals surface area contributed by atoms with E-state index in [1.165, 1.54) is 0 Å². The number of aliphatic hydroxyl groups is 2. The molecule has 2 aromatic carbocycles. The van der Waals surface area contributed by atoms with Crippen LogP contribution in [0.1, 0.15) is 17.2 Å². The van der Waals surface area contributed by atoms with Gasteiger partial charge < -0.3 is 19.7 Å². The molecule has 0 aliphatic rings. The summed E-state index contributed by atoms with van der Waals surface area (Å²) < 4.78 is 11.9. The van der Waals surface area contributed by atoms with Crippen LogP contribution >= 0.6 is 31.9 Å². The molecule has 2 aromatic rings. The first-order valence-corrected chi connectivity index (χ1v) is 8.63. The molecule has 1 atom stereocenters. The number of benzene rings is 2. The molecule has 0 saturated heterocycles. The number of halogens is 2. The zero-order valence-corrected chi connectivity index (χ0v) is 16.7. The monoisotopic (exact) mass is 458 g/mol. The van der Waals surface area contributed by atoms with Gasteiger partial charge in [0.25, 0.3) is 0 Å². The van der Waals surface area contributed by atoms with Crippen LogP contribution in [0, 0.1) is 0 Å². The fourth-order valence-corrected chi connectivity index (χ4v) is 2.61. The Bertz CT molecular complexity index is 674. The molecule has 2 rings (SSSR count). The molecular weight excluding hydrogens is 440 g/mol. The molecule has 0 spiro atoms. The predicted octanol–water partition coefficient (Wildman–Crippen LogP) is 4.58. The number of aliphatic hydroxyl groups excluding tert-OH is 2. The maximum Gasteiger partial charge on any atom is 0.133 e. The molecule has 0 aliphatic carbocycles. The average molecular weight is 460 g/mol. The maximum atomic E-state index is 9.32. The van der Waals surface area contributed by atoms with Gasteiger partial charge in [-0.1, -0.05) is 24.8 Å². The van der Waals surface area contributed by atoms with Crippen LogP contribution in [0.3, 0.4) is 0 Å². The van der Waals surface area contributed by atoms with Gasteiger partial charge in [-0.15, -0.1) is 0 Å². The van der Waals surface area contributed by atoms with Crippen LogP contribution in [0.5, 0.6) is 11.5 Å². The van der Waals surface area contributed by atoms with E-state index in [9.17, 15) is 5.11 Å². The normalized spacial score (nSPS) is 11.1. The molecule has 0 saturated carbocycles. The van der Waals surface area contributed by atoms with Crippen LogP contribution in [-0.4, -0.2) is 31.0 Å². The average Bonchev–Trinajstić information content (AvgIpc) is 2.62. The van der Waals surface area contributed by atoms with E-state index < -0.39 is 6.10 Å². The number of ether oxygens (including phenoxy) is 2. The van der Waals surface area contributed by atoms with E-state index in [-0.39, 0.29) is 6.61 Å². The molecular formula is C18H20Br2O4. The van der Waals surface area contributed by atoms with E-state index in [1.807, 2.05) is 18.2 Å². The van der Waals surface area contributed by atoms with E-state index in [1.54, 1.807) is 38.5 Å². The topological polar surface area (TPSA) is 58.9 Å². The fourth-order valence-electron chi connectivity index (χ4n) is 1.79. The Hall–Kier alpha value is -1.34. The summed E-state index contributed by atoms with van der Waals surface area (Å²) in [4.78, 5) is 0. The zero-order valence-electron chi connectivity index (χ0n) is 13.5. The minimum Gasteiger partial charge on any atom is -0.496 e. The number of methoxy groups -OCH3 is 2. The van der Waals surface area contributed by atoms with Gasteiger partial charge in [-0.05, 0) is 67.3 Å². The third-order valence-electron chi connectivity index (χ3n) is 3.14. The first-order valence-electron chi connectivity index (χ1n) is 7.05. The first-order chi connectivity index (χ1) is 11.5. The van der Waals surface area contributed by atoms with Gasteiger partial charge in [0.2, 0.25) is 0 Å². The second-order valence-corrected chi connectivity index (χ2v) is 6.40. The highest BCUT2D eigenvalue weighted by atomic mass is 79.9. The second kappa shape index (κ2) is 10.5. The molecule has 24 heavy (non-hydrogen) atoms. The molecule has 0 radical (unpaired) electrons. The molecule has 130 valence electrons. The highest BCUT2D eigenvalue weighted by Gasteiger charge is 2.08. The number of hydrogen-bond donors (Lipinski definition) is 2. The summed E-state index contributed by atoms with van der Waals surface area (Å²) in [5.41, 5.74) is 1.70. The van der Waals surface area contributed by atoms with Crippen molar-refractivity contribution in [1.29, 1.82) is 0 Å². The molecule has 0 aromatic heterocycles. The van der Waals surface area contributed by atoms with Crippen molar-refractivity contribution in [3.8, 4) is 11.5 Å². The summed E-state index contributed by atoms with van der Waals surface area (Å²) >= 11 is 6.65. The minimum absolute atomic E-state index is 0.287. The Morgan fingerprint density at radius 2 is 1.58 bits per heavy atom. The van der Waals surface area contributed by atoms with Gasteiger partial charge in [0.15, 0.2) is 0 Å². The first kappa shape index (κ1) is 20.7. The van der Waals surface area contributed by atoms with Gasteiger partial charge in [0.05, 0.1) is 29.8 Å².